The third-order valence-electron chi connectivity index (χ3n) is 3.89. The Morgan fingerprint density at radius 1 is 1.47 bits per heavy atom. The fourth-order valence-corrected chi connectivity index (χ4v) is 3.81. The summed E-state index contributed by atoms with van der Waals surface area (Å²) in [4.78, 5) is 1.43. The SMILES string of the molecule is CCC1CCC(N)(c2sccc2C)CC1. The van der Waals surface area contributed by atoms with Crippen molar-refractivity contribution in [3.05, 3.63) is 21.9 Å². The number of rotatable bonds is 2. The molecule has 1 nitrogen and oxygen atoms in total. The van der Waals surface area contributed by atoms with Crippen LogP contribution in [0.4, 0.5) is 0 Å². The van der Waals surface area contributed by atoms with Crippen LogP contribution in [0.2, 0.25) is 0 Å². The predicted octanol–water partition coefficient (Wildman–Crippen LogP) is 3.81. The van der Waals surface area contributed by atoms with E-state index in [2.05, 4.69) is 25.3 Å². The molecule has 0 unspecified atom stereocenters. The van der Waals surface area contributed by atoms with Crippen LogP contribution in [0.25, 0.3) is 0 Å². The van der Waals surface area contributed by atoms with Crippen LogP contribution in [0.3, 0.4) is 0 Å². The zero-order valence-corrected chi connectivity index (χ0v) is 10.6. The number of nitrogens with two attached hydrogens (primary N) is 1. The highest BCUT2D eigenvalue weighted by atomic mass is 32.1. The smallest absolute Gasteiger partial charge is 0.0506 e. The van der Waals surface area contributed by atoms with Crippen LogP contribution in [-0.4, -0.2) is 0 Å². The van der Waals surface area contributed by atoms with E-state index in [1.165, 1.54) is 42.5 Å². The zero-order valence-electron chi connectivity index (χ0n) is 9.75. The van der Waals surface area contributed by atoms with Gasteiger partial charge >= 0.3 is 0 Å². The first-order valence-electron chi connectivity index (χ1n) is 5.99. The van der Waals surface area contributed by atoms with Crippen molar-refractivity contribution < 1.29 is 0 Å². The molecule has 1 aromatic rings. The first kappa shape index (κ1) is 11.2. The average molecular weight is 223 g/mol. The van der Waals surface area contributed by atoms with Crippen molar-refractivity contribution >= 4 is 11.3 Å². The second kappa shape index (κ2) is 4.26. The summed E-state index contributed by atoms with van der Waals surface area (Å²) < 4.78 is 0. The van der Waals surface area contributed by atoms with Crippen LogP contribution in [0.15, 0.2) is 11.4 Å². The van der Waals surface area contributed by atoms with Gasteiger partial charge in [-0.25, -0.2) is 0 Å². The van der Waals surface area contributed by atoms with Crippen molar-refractivity contribution in [3.8, 4) is 0 Å². The fraction of sp³-hybridized carbons (Fsp3) is 0.692. The van der Waals surface area contributed by atoms with E-state index >= 15 is 0 Å². The average Bonchev–Trinajstić information content (AvgIpc) is 2.66. The summed E-state index contributed by atoms with van der Waals surface area (Å²) in [6.45, 7) is 4.48. The highest BCUT2D eigenvalue weighted by molar-refractivity contribution is 7.10. The second-order valence-electron chi connectivity index (χ2n) is 4.94. The Morgan fingerprint density at radius 3 is 2.60 bits per heavy atom. The van der Waals surface area contributed by atoms with Gasteiger partial charge in [0.15, 0.2) is 0 Å². The maximum absolute atomic E-state index is 6.55. The molecule has 15 heavy (non-hydrogen) atoms. The van der Waals surface area contributed by atoms with Crippen molar-refractivity contribution in [1.29, 1.82) is 0 Å². The summed E-state index contributed by atoms with van der Waals surface area (Å²) in [5, 5.41) is 2.17. The molecule has 2 N–H and O–H groups in total. The van der Waals surface area contributed by atoms with Crippen LogP contribution in [0.1, 0.15) is 49.5 Å². The molecule has 0 radical (unpaired) electrons. The lowest BCUT2D eigenvalue weighted by Gasteiger charge is -2.37. The molecule has 2 heteroatoms. The summed E-state index contributed by atoms with van der Waals surface area (Å²) in [5.74, 6) is 0.918. The van der Waals surface area contributed by atoms with Crippen molar-refractivity contribution in [1.82, 2.24) is 0 Å². The van der Waals surface area contributed by atoms with Crippen LogP contribution in [0, 0.1) is 12.8 Å². The summed E-state index contributed by atoms with van der Waals surface area (Å²) in [5.41, 5.74) is 7.93. The molecule has 0 spiro atoms. The van der Waals surface area contributed by atoms with Crippen molar-refractivity contribution in [2.75, 3.05) is 0 Å². The molecule has 0 amide bonds. The first-order chi connectivity index (χ1) is 7.15. The van der Waals surface area contributed by atoms with Gasteiger partial charge in [-0.15, -0.1) is 11.3 Å². The molecule has 1 aromatic heterocycles. The van der Waals surface area contributed by atoms with Gasteiger partial charge in [-0.05, 0) is 55.5 Å². The molecule has 0 aromatic carbocycles. The van der Waals surface area contributed by atoms with E-state index in [4.69, 9.17) is 5.73 Å². The Morgan fingerprint density at radius 2 is 2.13 bits per heavy atom. The lowest BCUT2D eigenvalue weighted by atomic mass is 9.75. The van der Waals surface area contributed by atoms with E-state index in [0.717, 1.165) is 5.92 Å². The molecule has 0 atom stereocenters. The minimum Gasteiger partial charge on any atom is -0.321 e. The molecule has 0 bridgehead atoms. The summed E-state index contributed by atoms with van der Waals surface area (Å²) in [6.07, 6.45) is 6.29. The van der Waals surface area contributed by atoms with Gasteiger partial charge in [-0.2, -0.15) is 0 Å². The molecule has 0 aliphatic heterocycles. The Bertz CT molecular complexity index is 321. The number of thiophene rings is 1. The number of hydrogen-bond donors (Lipinski definition) is 1. The summed E-state index contributed by atoms with van der Waals surface area (Å²) >= 11 is 1.84. The highest BCUT2D eigenvalue weighted by Crippen LogP contribution is 2.41. The molecular formula is C13H21NS. The minimum absolute atomic E-state index is 0.01000. The van der Waals surface area contributed by atoms with Gasteiger partial charge in [0.05, 0.1) is 5.54 Å². The van der Waals surface area contributed by atoms with Crippen LogP contribution >= 0.6 is 11.3 Å². The van der Waals surface area contributed by atoms with Gasteiger partial charge in [0.25, 0.3) is 0 Å². The maximum atomic E-state index is 6.55. The fourth-order valence-electron chi connectivity index (χ4n) is 2.71. The van der Waals surface area contributed by atoms with Gasteiger partial charge in [0.2, 0.25) is 0 Å². The number of aryl methyl sites for hydroxylation is 1. The summed E-state index contributed by atoms with van der Waals surface area (Å²) in [6, 6.07) is 2.19. The standard InChI is InChI=1S/C13H21NS/c1-3-11-4-7-13(14,8-5-11)12-10(2)6-9-15-12/h6,9,11H,3-5,7-8,14H2,1-2H3. The molecular weight excluding hydrogens is 202 g/mol. The van der Waals surface area contributed by atoms with Gasteiger partial charge < -0.3 is 5.73 Å². The largest absolute Gasteiger partial charge is 0.321 e. The number of hydrogen-bond acceptors (Lipinski definition) is 2. The van der Waals surface area contributed by atoms with Crippen molar-refractivity contribution in [3.63, 3.8) is 0 Å². The minimum atomic E-state index is -0.01000. The van der Waals surface area contributed by atoms with Gasteiger partial charge in [0.1, 0.15) is 0 Å². The molecule has 2 rings (SSSR count). The van der Waals surface area contributed by atoms with E-state index in [9.17, 15) is 0 Å². The highest BCUT2D eigenvalue weighted by Gasteiger charge is 2.34. The van der Waals surface area contributed by atoms with Gasteiger partial charge in [-0.3, -0.25) is 0 Å². The van der Waals surface area contributed by atoms with Crippen molar-refractivity contribution in [2.24, 2.45) is 11.7 Å². The lowest BCUT2D eigenvalue weighted by molar-refractivity contribution is 0.234. The summed E-state index contributed by atoms with van der Waals surface area (Å²) in [7, 11) is 0. The molecule has 1 heterocycles. The topological polar surface area (TPSA) is 26.0 Å². The molecule has 84 valence electrons. The third kappa shape index (κ3) is 2.11. The third-order valence-corrected chi connectivity index (χ3v) is 5.13. The zero-order chi connectivity index (χ0) is 10.9. The maximum Gasteiger partial charge on any atom is 0.0506 e. The van der Waals surface area contributed by atoms with Crippen LogP contribution in [0.5, 0.6) is 0 Å². The quantitative estimate of drug-likeness (QED) is 0.810. The lowest BCUT2D eigenvalue weighted by Crippen LogP contribution is -2.40. The molecule has 1 saturated carbocycles. The predicted molar refractivity (Wildman–Crippen MR) is 67.2 cm³/mol. The first-order valence-corrected chi connectivity index (χ1v) is 6.87. The Balaban J connectivity index is 2.13. The normalized spacial score (nSPS) is 31.8. The van der Waals surface area contributed by atoms with E-state index in [-0.39, 0.29) is 5.54 Å². The molecule has 1 fully saturated rings. The Hall–Kier alpha value is -0.340. The van der Waals surface area contributed by atoms with Gasteiger partial charge in [0, 0.05) is 4.88 Å². The van der Waals surface area contributed by atoms with Crippen LogP contribution < -0.4 is 5.73 Å². The van der Waals surface area contributed by atoms with Crippen LogP contribution in [-0.2, 0) is 5.54 Å². The molecule has 1 aliphatic carbocycles. The monoisotopic (exact) mass is 223 g/mol. The van der Waals surface area contributed by atoms with E-state index in [0.29, 0.717) is 0 Å². The van der Waals surface area contributed by atoms with E-state index in [1.54, 1.807) is 0 Å². The second-order valence-corrected chi connectivity index (χ2v) is 5.86. The van der Waals surface area contributed by atoms with E-state index < -0.39 is 0 Å². The molecule has 0 saturated heterocycles. The van der Waals surface area contributed by atoms with Crippen molar-refractivity contribution in [2.45, 2.75) is 51.5 Å². The Labute approximate surface area is 96.7 Å². The van der Waals surface area contributed by atoms with E-state index in [1.807, 2.05) is 11.3 Å². The molecule has 1 aliphatic rings. The van der Waals surface area contributed by atoms with Gasteiger partial charge in [-0.1, -0.05) is 13.3 Å². The Kier molecular flexibility index (Phi) is 3.17.